The number of para-hydroxylation sites is 1. The average Bonchev–Trinajstić information content (AvgIpc) is 3.55. The number of fused-ring (bicyclic) bond motifs is 1. The van der Waals surface area contributed by atoms with Crippen LogP contribution >= 0.6 is 7.75 Å². The van der Waals surface area contributed by atoms with Crippen molar-refractivity contribution in [3.8, 4) is 5.75 Å². The monoisotopic (exact) mass is 675 g/mol. The van der Waals surface area contributed by atoms with Crippen molar-refractivity contribution in [2.24, 2.45) is 0 Å². The summed E-state index contributed by atoms with van der Waals surface area (Å²) in [6, 6.07) is 10.5. The lowest BCUT2D eigenvalue weighted by Gasteiger charge is -2.32. The van der Waals surface area contributed by atoms with Crippen LogP contribution in [0.15, 0.2) is 48.8 Å². The van der Waals surface area contributed by atoms with E-state index < -0.39 is 67.8 Å². The Labute approximate surface area is 273 Å². The number of carbonyl (C=O) groups excluding carboxylic acids is 3. The van der Waals surface area contributed by atoms with Gasteiger partial charge in [-0.15, -0.1) is 0 Å². The lowest BCUT2D eigenvalue weighted by Crippen LogP contribution is -2.48. The molecule has 3 heterocycles. The summed E-state index contributed by atoms with van der Waals surface area (Å²) in [5, 5.41) is 6.93. The fourth-order valence-corrected chi connectivity index (χ4v) is 6.43. The zero-order chi connectivity index (χ0) is 34.6. The number of hydrogen-bond donors (Lipinski definition) is 2. The van der Waals surface area contributed by atoms with E-state index in [-0.39, 0.29) is 24.4 Å². The number of nitrogens with one attached hydrogen (secondary N) is 1. The van der Waals surface area contributed by atoms with Crippen LogP contribution in [0.4, 0.5) is 5.82 Å². The molecule has 15 nitrogen and oxygen atoms in total. The molecule has 1 unspecified atom stereocenters. The Bertz CT molecular complexity index is 1630. The minimum Gasteiger partial charge on any atom is -0.459 e. The van der Waals surface area contributed by atoms with E-state index >= 15 is 0 Å². The van der Waals surface area contributed by atoms with Gasteiger partial charge in [0.05, 0.1) is 12.3 Å². The average molecular weight is 676 g/mol. The Balaban J connectivity index is 1.72. The van der Waals surface area contributed by atoms with Crippen LogP contribution in [-0.2, 0) is 42.4 Å². The molecule has 3 aromatic rings. The first-order valence-electron chi connectivity index (χ1n) is 15.2. The number of aromatic nitrogens is 3. The van der Waals surface area contributed by atoms with E-state index in [9.17, 15) is 18.9 Å². The molecule has 0 amide bonds. The molecule has 1 aliphatic rings. The lowest BCUT2D eigenvalue weighted by molar-refractivity contribution is -0.171. The van der Waals surface area contributed by atoms with E-state index in [0.717, 1.165) is 0 Å². The van der Waals surface area contributed by atoms with E-state index in [1.54, 1.807) is 84.0 Å². The highest BCUT2D eigenvalue weighted by molar-refractivity contribution is 7.52. The molecule has 47 heavy (non-hydrogen) atoms. The summed E-state index contributed by atoms with van der Waals surface area (Å²) in [5.41, 5.74) is 4.56. The number of ether oxygens (including phenoxy) is 4. The number of benzene rings is 1. The van der Waals surface area contributed by atoms with Gasteiger partial charge in [-0.2, -0.15) is 10.2 Å². The molecule has 3 N–H and O–H groups in total. The van der Waals surface area contributed by atoms with Crippen LogP contribution < -0.4 is 15.3 Å². The van der Waals surface area contributed by atoms with E-state index in [2.05, 4.69) is 15.2 Å². The van der Waals surface area contributed by atoms with Gasteiger partial charge in [-0.3, -0.25) is 18.9 Å². The molecule has 1 aliphatic heterocycles. The fourth-order valence-electron chi connectivity index (χ4n) is 4.84. The second-order valence-electron chi connectivity index (χ2n) is 12.2. The maximum absolute atomic E-state index is 14.3. The Kier molecular flexibility index (Phi) is 11.0. The third kappa shape index (κ3) is 8.66. The number of rotatable bonds is 13. The number of carbonyl (C=O) groups is 3. The molecule has 256 valence electrons. The molecule has 1 fully saturated rings. The first-order valence-corrected chi connectivity index (χ1v) is 16.8. The van der Waals surface area contributed by atoms with Crippen molar-refractivity contribution in [3.05, 3.63) is 54.5 Å². The minimum atomic E-state index is -4.38. The van der Waals surface area contributed by atoms with Crippen LogP contribution in [0.5, 0.6) is 5.75 Å². The smallest absolute Gasteiger partial charge is 0.459 e. The Morgan fingerprint density at radius 2 is 1.74 bits per heavy atom. The zero-order valence-corrected chi connectivity index (χ0v) is 28.4. The first-order chi connectivity index (χ1) is 22.1. The van der Waals surface area contributed by atoms with Gasteiger partial charge in [-0.1, -0.05) is 32.0 Å². The van der Waals surface area contributed by atoms with E-state index in [1.165, 1.54) is 17.8 Å². The Morgan fingerprint density at radius 3 is 2.38 bits per heavy atom. The van der Waals surface area contributed by atoms with Crippen molar-refractivity contribution in [1.82, 2.24) is 19.7 Å². The molecule has 0 radical (unpaired) electrons. The molecular weight excluding hydrogens is 633 g/mol. The van der Waals surface area contributed by atoms with Gasteiger partial charge in [0.15, 0.2) is 18.0 Å². The van der Waals surface area contributed by atoms with Crippen molar-refractivity contribution >= 4 is 37.0 Å². The second-order valence-corrected chi connectivity index (χ2v) is 13.9. The van der Waals surface area contributed by atoms with Gasteiger partial charge in [-0.05, 0) is 58.9 Å². The molecule has 1 aromatic carbocycles. The molecule has 0 saturated carbocycles. The third-order valence-corrected chi connectivity index (χ3v) is 8.73. The number of esters is 3. The molecule has 16 heteroatoms. The van der Waals surface area contributed by atoms with Gasteiger partial charge < -0.3 is 29.2 Å². The van der Waals surface area contributed by atoms with Crippen LogP contribution in [0.3, 0.4) is 0 Å². The van der Waals surface area contributed by atoms with Crippen LogP contribution in [0.25, 0.3) is 5.52 Å². The highest BCUT2D eigenvalue weighted by Gasteiger charge is 2.59. The molecule has 1 saturated heterocycles. The molecule has 4 rings (SSSR count). The predicted molar refractivity (Wildman–Crippen MR) is 169 cm³/mol. The SMILES string of the molecule is CCC(=O)O[C@H]1[C@H](c2ccc3c(N)ncnn23)O[C@](C)(COP(=O)(N[C@@H](C)C(=O)OC(C)(C)C)Oc2ccccc2)[C@H]1OC(=O)CC. The Hall–Kier alpha value is -4.04. The fraction of sp³-hybridized carbons (Fsp3) is 0.516. The van der Waals surface area contributed by atoms with Crippen molar-refractivity contribution in [3.63, 3.8) is 0 Å². The van der Waals surface area contributed by atoms with E-state index in [0.29, 0.717) is 11.2 Å². The normalized spacial score (nSPS) is 23.1. The summed E-state index contributed by atoms with van der Waals surface area (Å²) in [6.45, 7) is 10.9. The van der Waals surface area contributed by atoms with Crippen molar-refractivity contribution in [2.45, 2.75) is 96.9 Å². The number of nitrogen functional groups attached to an aromatic ring is 1. The molecule has 0 bridgehead atoms. The standard InChI is InChI=1S/C31H42N5O10P/c1-8-23(37)42-26-25(21-15-16-22-28(32)33-18-34-36(21)22)44-31(7,27(26)43-24(38)9-2)17-41-47(40,46-20-13-11-10-12-14-20)35-19(3)29(39)45-30(4,5)6/h10-16,18-19,25-27H,8-9,17H2,1-7H3,(H,35,40)(H2,32,33,34)/t19-,25-,26-,27-,31+,47?/m0/s1. The molecule has 2 aromatic heterocycles. The Morgan fingerprint density at radius 1 is 1.09 bits per heavy atom. The van der Waals surface area contributed by atoms with Gasteiger partial charge in [0.2, 0.25) is 0 Å². The number of nitrogens with two attached hydrogens (primary N) is 1. The molecular formula is C31H42N5O10P. The quantitative estimate of drug-likeness (QED) is 0.148. The number of anilines is 1. The maximum atomic E-state index is 14.3. The lowest BCUT2D eigenvalue weighted by atomic mass is 9.96. The maximum Gasteiger partial charge on any atom is 0.459 e. The summed E-state index contributed by atoms with van der Waals surface area (Å²) in [5.74, 6) is -1.47. The van der Waals surface area contributed by atoms with Gasteiger partial charge in [0, 0.05) is 12.8 Å². The van der Waals surface area contributed by atoms with Gasteiger partial charge in [0.1, 0.15) is 40.9 Å². The summed E-state index contributed by atoms with van der Waals surface area (Å²) >= 11 is 0. The van der Waals surface area contributed by atoms with Crippen molar-refractivity contribution in [1.29, 1.82) is 0 Å². The summed E-state index contributed by atoms with van der Waals surface area (Å²) in [4.78, 5) is 42.3. The van der Waals surface area contributed by atoms with Gasteiger partial charge in [0.25, 0.3) is 0 Å². The molecule has 6 atom stereocenters. The highest BCUT2D eigenvalue weighted by Crippen LogP contribution is 2.50. The third-order valence-electron chi connectivity index (χ3n) is 7.10. The summed E-state index contributed by atoms with van der Waals surface area (Å²) in [6.07, 6.45) is -2.17. The highest BCUT2D eigenvalue weighted by atomic mass is 31.2. The topological polar surface area (TPSA) is 192 Å². The van der Waals surface area contributed by atoms with Gasteiger partial charge in [-0.25, -0.2) is 14.1 Å². The van der Waals surface area contributed by atoms with E-state index in [4.69, 9.17) is 33.7 Å². The number of hydrogen-bond acceptors (Lipinski definition) is 13. The van der Waals surface area contributed by atoms with Crippen LogP contribution in [-0.4, -0.2) is 68.6 Å². The molecule has 0 aliphatic carbocycles. The minimum absolute atomic E-state index is 0.00886. The van der Waals surface area contributed by atoms with Crippen LogP contribution in [0.2, 0.25) is 0 Å². The summed E-state index contributed by atoms with van der Waals surface area (Å²) in [7, 11) is -4.38. The zero-order valence-electron chi connectivity index (χ0n) is 27.5. The van der Waals surface area contributed by atoms with Crippen LogP contribution in [0, 0.1) is 0 Å². The van der Waals surface area contributed by atoms with Crippen molar-refractivity contribution in [2.75, 3.05) is 12.3 Å². The second kappa shape index (κ2) is 14.4. The largest absolute Gasteiger partial charge is 0.459 e. The first kappa shape index (κ1) is 35.8. The molecule has 0 spiro atoms. The van der Waals surface area contributed by atoms with Crippen molar-refractivity contribution < 1.29 is 46.9 Å². The number of nitrogens with zero attached hydrogens (tertiary/aromatic N) is 3. The predicted octanol–water partition coefficient (Wildman–Crippen LogP) is 4.31. The van der Waals surface area contributed by atoms with Gasteiger partial charge >= 0.3 is 25.7 Å². The van der Waals surface area contributed by atoms with Crippen LogP contribution in [0.1, 0.15) is 73.1 Å². The summed E-state index contributed by atoms with van der Waals surface area (Å²) < 4.78 is 51.2. The van der Waals surface area contributed by atoms with E-state index in [1.807, 2.05) is 0 Å².